The Bertz CT molecular complexity index is 3430. The minimum atomic E-state index is -0.494. The third kappa shape index (κ3) is 4.11. The van der Waals surface area contributed by atoms with Crippen LogP contribution in [0.15, 0.2) is 206 Å². The molecule has 0 bridgehead atoms. The van der Waals surface area contributed by atoms with Crippen molar-refractivity contribution in [2.24, 2.45) is 0 Å². The Morgan fingerprint density at radius 2 is 0.845 bits per heavy atom. The van der Waals surface area contributed by atoms with Gasteiger partial charge >= 0.3 is 0 Å². The van der Waals surface area contributed by atoms with Gasteiger partial charge in [-0.25, -0.2) is 0 Å². The van der Waals surface area contributed by atoms with Gasteiger partial charge in [-0.2, -0.15) is 0 Å². The van der Waals surface area contributed by atoms with Crippen molar-refractivity contribution < 1.29 is 0 Å². The molecule has 0 saturated heterocycles. The fraction of sp³-hybridized carbons (Fsp3) is 0.0357. The molecule has 0 radical (unpaired) electrons. The third-order valence-electron chi connectivity index (χ3n) is 13.2. The molecule has 2 aliphatic carbocycles. The quantitative estimate of drug-likeness (QED) is 0.171. The van der Waals surface area contributed by atoms with E-state index in [1.807, 2.05) is 0 Å². The van der Waals surface area contributed by atoms with Crippen LogP contribution < -0.4 is 0 Å². The van der Waals surface area contributed by atoms with Crippen molar-refractivity contribution in [2.45, 2.75) is 11.8 Å². The summed E-state index contributed by atoms with van der Waals surface area (Å²) < 4.78 is 4.88. The molecule has 2 aliphatic rings. The topological polar surface area (TPSA) is 9.86 Å². The predicted molar refractivity (Wildman–Crippen MR) is 241 cm³/mol. The van der Waals surface area contributed by atoms with E-state index in [1.165, 1.54) is 111 Å². The molecule has 58 heavy (non-hydrogen) atoms. The van der Waals surface area contributed by atoms with Crippen LogP contribution in [0.25, 0.3) is 77.2 Å². The van der Waals surface area contributed by atoms with Crippen molar-refractivity contribution in [1.82, 2.24) is 9.13 Å². The maximum atomic E-state index is 2.55. The summed E-state index contributed by atoms with van der Waals surface area (Å²) in [5, 5.41) is 5.06. The maximum absolute atomic E-state index is 2.55. The van der Waals surface area contributed by atoms with Crippen molar-refractivity contribution in [3.05, 3.63) is 240 Å². The molecule has 2 aromatic heterocycles. The normalized spacial score (nSPS) is 13.6. The van der Waals surface area contributed by atoms with E-state index >= 15 is 0 Å². The SMILES string of the molecule is c1ccc(-n2c3ccccc3c3cc(-c4cccc5c4-c4cc6c7ccccc7n(-c7ccccc7)c6cc4C54c5ccccc5Cc5ccccc54)ccc32)cc1. The van der Waals surface area contributed by atoms with Gasteiger partial charge in [-0.1, -0.05) is 146 Å². The van der Waals surface area contributed by atoms with E-state index in [9.17, 15) is 0 Å². The van der Waals surface area contributed by atoms with E-state index in [0.717, 1.165) is 6.42 Å². The second kappa shape index (κ2) is 11.8. The van der Waals surface area contributed by atoms with E-state index in [4.69, 9.17) is 0 Å². The first-order chi connectivity index (χ1) is 28.8. The van der Waals surface area contributed by atoms with E-state index in [0.29, 0.717) is 0 Å². The molecular weight excluding hydrogens is 701 g/mol. The van der Waals surface area contributed by atoms with Gasteiger partial charge in [0.05, 0.1) is 27.5 Å². The largest absolute Gasteiger partial charge is 0.309 e. The molecule has 270 valence electrons. The molecule has 0 unspecified atom stereocenters. The maximum Gasteiger partial charge on any atom is 0.0720 e. The Hall–Kier alpha value is -7.42. The number of hydrogen-bond donors (Lipinski definition) is 0. The van der Waals surface area contributed by atoms with Crippen molar-refractivity contribution in [3.8, 4) is 33.6 Å². The molecule has 9 aromatic carbocycles. The van der Waals surface area contributed by atoms with Gasteiger partial charge in [0.1, 0.15) is 0 Å². The average molecular weight is 737 g/mol. The standard InChI is InChI=1S/C56H36N2/c1-3-18-39(19-4-1)57-51-28-13-9-22-42(51)44-33-36(30-31-53(44)57)41-24-15-27-49-55(41)46-34-45-43-23-10-14-29-52(43)58(40-20-5-2-6-21-40)54(45)35-50(46)56(49)47-25-11-7-16-37(47)32-38-17-8-12-26-48(38)56/h1-31,33-35H,32H2. The van der Waals surface area contributed by atoms with Crippen LogP contribution in [0.5, 0.6) is 0 Å². The molecule has 2 heterocycles. The lowest BCUT2D eigenvalue weighted by molar-refractivity contribution is 0.722. The summed E-state index contributed by atoms with van der Waals surface area (Å²) in [4.78, 5) is 0. The highest BCUT2D eigenvalue weighted by molar-refractivity contribution is 6.14. The lowest BCUT2D eigenvalue weighted by Gasteiger charge is -2.40. The summed E-state index contributed by atoms with van der Waals surface area (Å²) in [6.45, 7) is 0. The lowest BCUT2D eigenvalue weighted by atomic mass is 9.61. The number of rotatable bonds is 3. The second-order valence-corrected chi connectivity index (χ2v) is 16.0. The number of para-hydroxylation sites is 4. The molecule has 0 aliphatic heterocycles. The Morgan fingerprint density at radius 1 is 0.328 bits per heavy atom. The van der Waals surface area contributed by atoms with Crippen molar-refractivity contribution in [3.63, 3.8) is 0 Å². The van der Waals surface area contributed by atoms with E-state index < -0.39 is 5.41 Å². The summed E-state index contributed by atoms with van der Waals surface area (Å²) in [6, 6.07) is 77.1. The number of fused-ring (bicyclic) bond motifs is 15. The smallest absolute Gasteiger partial charge is 0.0720 e. The highest BCUT2D eigenvalue weighted by Gasteiger charge is 2.50. The molecule has 2 nitrogen and oxygen atoms in total. The number of nitrogens with zero attached hydrogens (tertiary/aromatic N) is 2. The summed E-state index contributed by atoms with van der Waals surface area (Å²) in [5.74, 6) is 0. The first kappa shape index (κ1) is 31.7. The summed E-state index contributed by atoms with van der Waals surface area (Å²) >= 11 is 0. The third-order valence-corrected chi connectivity index (χ3v) is 13.2. The van der Waals surface area contributed by atoms with Crippen LogP contribution in [-0.4, -0.2) is 9.13 Å². The van der Waals surface area contributed by atoms with Crippen LogP contribution >= 0.6 is 0 Å². The fourth-order valence-electron chi connectivity index (χ4n) is 10.9. The van der Waals surface area contributed by atoms with Gasteiger partial charge in [0.25, 0.3) is 0 Å². The van der Waals surface area contributed by atoms with E-state index in [-0.39, 0.29) is 0 Å². The monoisotopic (exact) mass is 736 g/mol. The number of benzene rings is 9. The Balaban J connectivity index is 1.17. The predicted octanol–water partition coefficient (Wildman–Crippen LogP) is 13.8. The van der Waals surface area contributed by atoms with Gasteiger partial charge in [-0.3, -0.25) is 0 Å². The van der Waals surface area contributed by atoms with Crippen LogP contribution in [0, 0.1) is 0 Å². The molecule has 0 N–H and O–H groups in total. The molecule has 13 rings (SSSR count). The fourth-order valence-corrected chi connectivity index (χ4v) is 10.9. The van der Waals surface area contributed by atoms with E-state index in [2.05, 4.69) is 215 Å². The van der Waals surface area contributed by atoms with Gasteiger partial charge in [0, 0.05) is 32.9 Å². The molecule has 2 heteroatoms. The first-order valence-corrected chi connectivity index (χ1v) is 20.3. The highest BCUT2D eigenvalue weighted by Crippen LogP contribution is 2.62. The van der Waals surface area contributed by atoms with Crippen molar-refractivity contribution >= 4 is 43.6 Å². The van der Waals surface area contributed by atoms with Crippen LogP contribution in [0.1, 0.15) is 33.4 Å². The van der Waals surface area contributed by atoms with Crippen LogP contribution in [0.3, 0.4) is 0 Å². The zero-order valence-corrected chi connectivity index (χ0v) is 31.7. The minimum absolute atomic E-state index is 0.494. The van der Waals surface area contributed by atoms with Crippen LogP contribution in [-0.2, 0) is 11.8 Å². The van der Waals surface area contributed by atoms with Gasteiger partial charge in [0.15, 0.2) is 0 Å². The van der Waals surface area contributed by atoms with Gasteiger partial charge in [-0.15, -0.1) is 0 Å². The summed E-state index contributed by atoms with van der Waals surface area (Å²) in [6.07, 6.45) is 0.924. The van der Waals surface area contributed by atoms with Gasteiger partial charge in [-0.05, 0) is 123 Å². The first-order valence-electron chi connectivity index (χ1n) is 20.3. The Labute approximate surface area is 336 Å². The van der Waals surface area contributed by atoms with Crippen LogP contribution in [0.2, 0.25) is 0 Å². The Morgan fingerprint density at radius 3 is 1.50 bits per heavy atom. The number of aromatic nitrogens is 2. The average Bonchev–Trinajstić information content (AvgIpc) is 3.90. The molecular formula is C56H36N2. The van der Waals surface area contributed by atoms with Crippen molar-refractivity contribution in [2.75, 3.05) is 0 Å². The lowest BCUT2D eigenvalue weighted by Crippen LogP contribution is -2.34. The highest BCUT2D eigenvalue weighted by atomic mass is 15.0. The summed E-state index contributed by atoms with van der Waals surface area (Å²) in [7, 11) is 0. The molecule has 0 saturated carbocycles. The van der Waals surface area contributed by atoms with E-state index in [1.54, 1.807) is 0 Å². The van der Waals surface area contributed by atoms with Crippen molar-refractivity contribution in [1.29, 1.82) is 0 Å². The van der Waals surface area contributed by atoms with Gasteiger partial charge in [0.2, 0.25) is 0 Å². The van der Waals surface area contributed by atoms with Gasteiger partial charge < -0.3 is 9.13 Å². The molecule has 1 spiro atoms. The zero-order chi connectivity index (χ0) is 38.0. The number of hydrogen-bond acceptors (Lipinski definition) is 0. The Kier molecular flexibility index (Phi) is 6.46. The minimum Gasteiger partial charge on any atom is -0.309 e. The van der Waals surface area contributed by atoms with Crippen LogP contribution in [0.4, 0.5) is 0 Å². The molecule has 0 fully saturated rings. The molecule has 0 atom stereocenters. The summed E-state index contributed by atoms with van der Waals surface area (Å²) in [5.41, 5.74) is 20.1. The second-order valence-electron chi connectivity index (χ2n) is 16.0. The zero-order valence-electron chi connectivity index (χ0n) is 31.7. The molecule has 11 aromatic rings. The molecule has 0 amide bonds.